The molecule has 3 heterocycles. The molecular weight excluding hydrogens is 430 g/mol. The quantitative estimate of drug-likeness (QED) is 0.610. The Bertz CT molecular complexity index is 1130. The van der Waals surface area contributed by atoms with Gasteiger partial charge in [0.15, 0.2) is 0 Å². The molecule has 2 aromatic heterocycles. The lowest BCUT2D eigenvalue weighted by atomic mass is 10.0. The predicted molar refractivity (Wildman–Crippen MR) is 105 cm³/mol. The highest BCUT2D eigenvalue weighted by molar-refractivity contribution is 6.30. The molecule has 0 bridgehead atoms. The second-order valence-corrected chi connectivity index (χ2v) is 8.16. The van der Waals surface area contributed by atoms with Gasteiger partial charge in [-0.1, -0.05) is 17.7 Å². The number of benzene rings is 1. The number of aliphatic hydroxyl groups is 1. The Balaban J connectivity index is 1.43. The summed E-state index contributed by atoms with van der Waals surface area (Å²) in [5.74, 6) is -0.908. The fourth-order valence-electron chi connectivity index (χ4n) is 3.99. The number of hydrogen-bond acceptors (Lipinski definition) is 6. The number of carbonyl (C=O) groups is 1. The van der Waals surface area contributed by atoms with Gasteiger partial charge < -0.3 is 14.4 Å². The normalized spacial score (nSPS) is 17.8. The molecule has 10 heteroatoms. The summed E-state index contributed by atoms with van der Waals surface area (Å²) in [6.07, 6.45) is -0.519. The van der Waals surface area contributed by atoms with E-state index in [4.69, 9.17) is 16.0 Å². The zero-order chi connectivity index (χ0) is 21.7. The number of aliphatic hydroxyl groups excluding tert-OH is 1. The smallest absolute Gasteiger partial charge is 0.314 e. The van der Waals surface area contributed by atoms with Crippen molar-refractivity contribution in [1.82, 2.24) is 20.1 Å². The Morgan fingerprint density at radius 3 is 2.65 bits per heavy atom. The van der Waals surface area contributed by atoms with Crippen molar-refractivity contribution in [3.05, 3.63) is 64.3 Å². The minimum atomic E-state index is -2.87. The molecule has 7 nitrogen and oxygen atoms in total. The van der Waals surface area contributed by atoms with Crippen LogP contribution in [0.2, 0.25) is 5.02 Å². The van der Waals surface area contributed by atoms with E-state index in [1.165, 1.54) is 6.20 Å². The summed E-state index contributed by atoms with van der Waals surface area (Å²) in [4.78, 5) is 19.1. The number of rotatable bonds is 6. The van der Waals surface area contributed by atoms with Crippen LogP contribution >= 0.6 is 11.6 Å². The maximum atomic E-state index is 13.2. The first kappa shape index (κ1) is 20.0. The topological polar surface area (TPSA) is 92.4 Å². The molecule has 0 spiro atoms. The van der Waals surface area contributed by atoms with Crippen molar-refractivity contribution in [2.24, 2.45) is 5.92 Å². The zero-order valence-electron chi connectivity index (χ0n) is 16.1. The average Bonchev–Trinajstić information content (AvgIpc) is 3.36. The summed E-state index contributed by atoms with van der Waals surface area (Å²) < 4.78 is 30.5. The van der Waals surface area contributed by atoms with Crippen LogP contribution in [0.5, 0.6) is 0 Å². The fraction of sp³-hybridized carbons (Fsp3) is 0.333. The van der Waals surface area contributed by atoms with Crippen LogP contribution in [0.4, 0.5) is 8.78 Å². The van der Waals surface area contributed by atoms with Gasteiger partial charge in [-0.2, -0.15) is 8.78 Å². The molecule has 2 unspecified atom stereocenters. The van der Waals surface area contributed by atoms with Gasteiger partial charge in [0.2, 0.25) is 5.89 Å². The number of carbonyl (C=O) groups excluding carboxylic acids is 1. The highest BCUT2D eigenvalue weighted by Gasteiger charge is 2.45. The van der Waals surface area contributed by atoms with E-state index in [9.17, 15) is 18.7 Å². The first-order chi connectivity index (χ1) is 14.9. The highest BCUT2D eigenvalue weighted by Crippen LogP contribution is 2.44. The van der Waals surface area contributed by atoms with Crippen LogP contribution in [0.3, 0.4) is 0 Å². The summed E-state index contributed by atoms with van der Waals surface area (Å²) in [5, 5.41) is 18.5. The molecule has 5 rings (SSSR count). The van der Waals surface area contributed by atoms with E-state index in [1.54, 1.807) is 35.2 Å². The standard InChI is InChI=1S/C21H17ClF2N4O3/c22-13-5-6-15(25-8-13)17(29)16(10-1-2-10)28-9-12-4-3-11(7-14(12)21(28)30)19-26-27-20(31-19)18(23)24/h3-8,10,16-18,29H,1-2,9H2. The number of fused-ring (bicyclic) bond motifs is 1. The molecular formula is C21H17ClF2N4O3. The monoisotopic (exact) mass is 446 g/mol. The van der Waals surface area contributed by atoms with Crippen LogP contribution < -0.4 is 0 Å². The molecule has 31 heavy (non-hydrogen) atoms. The molecule has 160 valence electrons. The molecule has 0 saturated heterocycles. The predicted octanol–water partition coefficient (Wildman–Crippen LogP) is 4.19. The number of hydrogen-bond donors (Lipinski definition) is 1. The van der Waals surface area contributed by atoms with Gasteiger partial charge in [0.1, 0.15) is 6.10 Å². The average molecular weight is 447 g/mol. The minimum Gasteiger partial charge on any atom is -0.415 e. The van der Waals surface area contributed by atoms with Crippen LogP contribution in [-0.2, 0) is 6.54 Å². The number of nitrogens with zero attached hydrogens (tertiary/aromatic N) is 4. The molecule has 1 fully saturated rings. The summed E-state index contributed by atoms with van der Waals surface area (Å²) >= 11 is 5.90. The van der Waals surface area contributed by atoms with Crippen LogP contribution in [0.15, 0.2) is 40.9 Å². The van der Waals surface area contributed by atoms with Crippen LogP contribution in [0.1, 0.15) is 52.9 Å². The molecule has 1 aromatic carbocycles. The van der Waals surface area contributed by atoms with Gasteiger partial charge in [0.25, 0.3) is 11.8 Å². The molecule has 2 atom stereocenters. The number of aromatic nitrogens is 3. The number of pyridine rings is 1. The van der Waals surface area contributed by atoms with Gasteiger partial charge >= 0.3 is 6.43 Å². The molecule has 1 N–H and O–H groups in total. The van der Waals surface area contributed by atoms with E-state index < -0.39 is 24.5 Å². The van der Waals surface area contributed by atoms with Crippen LogP contribution in [-0.4, -0.2) is 37.1 Å². The summed E-state index contributed by atoms with van der Waals surface area (Å²) in [6, 6.07) is 7.85. The Morgan fingerprint density at radius 1 is 1.19 bits per heavy atom. The van der Waals surface area contributed by atoms with Crippen molar-refractivity contribution in [3.63, 3.8) is 0 Å². The second-order valence-electron chi connectivity index (χ2n) is 7.73. The van der Waals surface area contributed by atoms with Crippen molar-refractivity contribution >= 4 is 17.5 Å². The first-order valence-corrected chi connectivity index (χ1v) is 10.2. The molecule has 1 aliphatic heterocycles. The number of amides is 1. The second kappa shape index (κ2) is 7.65. The van der Waals surface area contributed by atoms with Crippen molar-refractivity contribution < 1.29 is 23.1 Å². The van der Waals surface area contributed by atoms with E-state index >= 15 is 0 Å². The van der Waals surface area contributed by atoms with Gasteiger partial charge in [-0.3, -0.25) is 9.78 Å². The third-order valence-electron chi connectivity index (χ3n) is 5.66. The summed E-state index contributed by atoms with van der Waals surface area (Å²) in [5.41, 5.74) is 2.05. The maximum Gasteiger partial charge on any atom is 0.314 e. The van der Waals surface area contributed by atoms with Crippen LogP contribution in [0, 0.1) is 5.92 Å². The third-order valence-corrected chi connectivity index (χ3v) is 5.88. The van der Waals surface area contributed by atoms with E-state index in [2.05, 4.69) is 15.2 Å². The molecule has 1 aliphatic carbocycles. The lowest BCUT2D eigenvalue weighted by molar-refractivity contribution is 0.0277. The van der Waals surface area contributed by atoms with Crippen molar-refractivity contribution in [1.29, 1.82) is 0 Å². The Morgan fingerprint density at radius 2 is 2.00 bits per heavy atom. The first-order valence-electron chi connectivity index (χ1n) is 9.77. The van der Waals surface area contributed by atoms with E-state index in [0.29, 0.717) is 28.4 Å². The zero-order valence-corrected chi connectivity index (χ0v) is 16.8. The van der Waals surface area contributed by atoms with Gasteiger partial charge in [0, 0.05) is 23.9 Å². The maximum absolute atomic E-state index is 13.2. The van der Waals surface area contributed by atoms with Gasteiger partial charge in [-0.05, 0) is 48.6 Å². The Kier molecular flexibility index (Phi) is 4.94. The Hall–Kier alpha value is -2.91. The van der Waals surface area contributed by atoms with Crippen LogP contribution in [0.25, 0.3) is 11.5 Å². The van der Waals surface area contributed by atoms with E-state index in [1.807, 2.05) is 0 Å². The van der Waals surface area contributed by atoms with Crippen molar-refractivity contribution in [2.75, 3.05) is 0 Å². The summed E-state index contributed by atoms with van der Waals surface area (Å²) in [7, 11) is 0. The Labute approximate surface area is 180 Å². The third kappa shape index (κ3) is 3.68. The fourth-order valence-corrected chi connectivity index (χ4v) is 4.11. The molecule has 1 saturated carbocycles. The van der Waals surface area contributed by atoms with Crippen molar-refractivity contribution in [2.45, 2.75) is 38.0 Å². The lowest BCUT2D eigenvalue weighted by Crippen LogP contribution is -2.41. The lowest BCUT2D eigenvalue weighted by Gasteiger charge is -2.31. The van der Waals surface area contributed by atoms with Gasteiger partial charge in [-0.25, -0.2) is 0 Å². The number of halogens is 3. The highest BCUT2D eigenvalue weighted by atomic mass is 35.5. The molecule has 1 amide bonds. The van der Waals surface area contributed by atoms with Gasteiger partial charge in [-0.15, -0.1) is 10.2 Å². The van der Waals surface area contributed by atoms with Crippen molar-refractivity contribution in [3.8, 4) is 11.5 Å². The number of alkyl halides is 2. The summed E-state index contributed by atoms with van der Waals surface area (Å²) in [6.45, 7) is 0.340. The van der Waals surface area contributed by atoms with Gasteiger partial charge in [0.05, 0.1) is 16.8 Å². The molecule has 3 aromatic rings. The molecule has 0 radical (unpaired) electrons. The van der Waals surface area contributed by atoms with E-state index in [0.717, 1.165) is 18.4 Å². The van der Waals surface area contributed by atoms with E-state index in [-0.39, 0.29) is 17.7 Å². The SMILES string of the molecule is O=C1c2cc(-c3nnc(C(F)F)o3)ccc2CN1C(C1CC1)C(O)c1ccc(Cl)cn1. The largest absolute Gasteiger partial charge is 0.415 e. The minimum absolute atomic E-state index is 0.0755. The molecule has 2 aliphatic rings.